The number of nitrogens with zero attached hydrogens (tertiary/aromatic N) is 2. The molecule has 1 aromatic heterocycles. The third-order valence-corrected chi connectivity index (χ3v) is 6.04. The van der Waals surface area contributed by atoms with Crippen molar-refractivity contribution in [2.45, 2.75) is 77.6 Å². The summed E-state index contributed by atoms with van der Waals surface area (Å²) in [6.07, 6.45) is 18.2. The summed E-state index contributed by atoms with van der Waals surface area (Å²) >= 11 is 0. The van der Waals surface area contributed by atoms with Crippen LogP contribution in [0.1, 0.15) is 75.0 Å². The second-order valence-electron chi connectivity index (χ2n) is 8.17. The summed E-state index contributed by atoms with van der Waals surface area (Å²) < 4.78 is 0. The minimum absolute atomic E-state index is 0. The molecule has 0 fully saturated rings. The second kappa shape index (κ2) is 11.0. The van der Waals surface area contributed by atoms with Crippen molar-refractivity contribution in [1.29, 1.82) is 0 Å². The third kappa shape index (κ3) is 5.32. The molecule has 0 bridgehead atoms. The molecule has 0 aliphatic heterocycles. The van der Waals surface area contributed by atoms with Gasteiger partial charge in [0.25, 0.3) is 0 Å². The molecule has 155 valence electrons. The van der Waals surface area contributed by atoms with E-state index in [1.54, 1.807) is 0 Å². The van der Waals surface area contributed by atoms with Crippen LogP contribution in [0.3, 0.4) is 0 Å². The average Bonchev–Trinajstić information content (AvgIpc) is 3.16. The maximum atomic E-state index is 4.69. The van der Waals surface area contributed by atoms with E-state index in [2.05, 4.69) is 47.2 Å². The van der Waals surface area contributed by atoms with Crippen LogP contribution in [0.25, 0.3) is 22.2 Å². The van der Waals surface area contributed by atoms with Crippen molar-refractivity contribution >= 4 is 10.8 Å². The molecule has 0 saturated heterocycles. The first-order chi connectivity index (χ1) is 13.9. The summed E-state index contributed by atoms with van der Waals surface area (Å²) in [4.78, 5) is 9.37. The van der Waals surface area contributed by atoms with Gasteiger partial charge in [0.05, 0.1) is 5.82 Å². The zero-order chi connectivity index (χ0) is 19.2. The molecule has 0 spiro atoms. The predicted molar refractivity (Wildman–Crippen MR) is 118 cm³/mol. The molecule has 0 saturated carbocycles. The van der Waals surface area contributed by atoms with E-state index in [1.807, 2.05) is 12.4 Å². The normalized spacial score (nSPS) is 12.3. The zero-order valence-electron chi connectivity index (χ0n) is 17.5. The largest absolute Gasteiger partial charge is 0.285 e. The summed E-state index contributed by atoms with van der Waals surface area (Å²) in [5.41, 5.74) is 5.16. The molecule has 2 aromatic carbocycles. The molecule has 1 heterocycles. The molecule has 3 heteroatoms. The van der Waals surface area contributed by atoms with Crippen LogP contribution in [0.5, 0.6) is 0 Å². The molecular weight excluding hydrogens is 533 g/mol. The Hall–Kier alpha value is -1.57. The average molecular weight is 564 g/mol. The Morgan fingerprint density at radius 1 is 0.862 bits per heavy atom. The Bertz CT molecular complexity index is 908. The first-order valence-electron chi connectivity index (χ1n) is 11.1. The number of aryl methyl sites for hydroxylation is 3. The van der Waals surface area contributed by atoms with Crippen LogP contribution in [-0.4, -0.2) is 9.97 Å². The van der Waals surface area contributed by atoms with Crippen LogP contribution in [0.4, 0.5) is 0 Å². The van der Waals surface area contributed by atoms with Gasteiger partial charge in [-0.1, -0.05) is 98.4 Å². The van der Waals surface area contributed by atoms with Crippen LogP contribution >= 0.6 is 0 Å². The van der Waals surface area contributed by atoms with Crippen LogP contribution in [0.15, 0.2) is 36.7 Å². The van der Waals surface area contributed by atoms with Gasteiger partial charge in [0, 0.05) is 32.5 Å². The van der Waals surface area contributed by atoms with Crippen LogP contribution in [-0.2, 0) is 39.4 Å². The molecule has 0 unspecified atom stereocenters. The maximum absolute atomic E-state index is 4.69. The summed E-state index contributed by atoms with van der Waals surface area (Å²) in [6.45, 7) is 2.27. The van der Waals surface area contributed by atoms with Crippen molar-refractivity contribution in [2.24, 2.45) is 0 Å². The standard InChI is InChI=1S/C26H31N2.Ir/c1-2-3-4-5-6-7-8-9-11-20-18-27-26(28-19-20)24-17-16-22-15-14-21-12-10-13-23(24)25(21)22;/h10,12-13,16,18-19H,2-9,11,14-15H2,1H3;/q-1;. The fourth-order valence-corrected chi connectivity index (χ4v) is 4.43. The fourth-order valence-electron chi connectivity index (χ4n) is 4.43. The monoisotopic (exact) mass is 564 g/mol. The van der Waals surface area contributed by atoms with Gasteiger partial charge < -0.3 is 0 Å². The molecule has 0 atom stereocenters. The van der Waals surface area contributed by atoms with Crippen molar-refractivity contribution in [2.75, 3.05) is 0 Å². The summed E-state index contributed by atoms with van der Waals surface area (Å²) in [5, 5.41) is 2.66. The Morgan fingerprint density at radius 3 is 2.31 bits per heavy atom. The van der Waals surface area contributed by atoms with E-state index in [0.29, 0.717) is 0 Å². The van der Waals surface area contributed by atoms with Gasteiger partial charge in [-0.15, -0.1) is 17.7 Å². The van der Waals surface area contributed by atoms with Crippen molar-refractivity contribution in [3.05, 3.63) is 59.4 Å². The Labute approximate surface area is 188 Å². The molecule has 1 aliphatic carbocycles. The molecular formula is C26H31IrN2-. The summed E-state index contributed by atoms with van der Waals surface area (Å²) in [5.74, 6) is 0.801. The number of rotatable bonds is 10. The smallest absolute Gasteiger partial charge is 0.0754 e. The van der Waals surface area contributed by atoms with E-state index in [1.165, 1.54) is 78.8 Å². The van der Waals surface area contributed by atoms with Gasteiger partial charge >= 0.3 is 0 Å². The summed E-state index contributed by atoms with van der Waals surface area (Å²) in [6, 6.07) is 12.2. The van der Waals surface area contributed by atoms with Gasteiger partial charge in [-0.25, -0.2) is 0 Å². The summed E-state index contributed by atoms with van der Waals surface area (Å²) in [7, 11) is 0. The molecule has 3 aromatic rings. The Kier molecular flexibility index (Phi) is 8.39. The first-order valence-corrected chi connectivity index (χ1v) is 11.1. The molecule has 0 N–H and O–H groups in total. The van der Waals surface area contributed by atoms with Gasteiger partial charge in [0.1, 0.15) is 0 Å². The van der Waals surface area contributed by atoms with E-state index in [-0.39, 0.29) is 20.1 Å². The topological polar surface area (TPSA) is 25.8 Å². The van der Waals surface area contributed by atoms with E-state index < -0.39 is 0 Å². The maximum Gasteiger partial charge on any atom is 0.0754 e. The second-order valence-corrected chi connectivity index (χ2v) is 8.17. The Balaban J connectivity index is 0.00000240. The Morgan fingerprint density at radius 2 is 1.55 bits per heavy atom. The third-order valence-electron chi connectivity index (χ3n) is 6.04. The quantitative estimate of drug-likeness (QED) is 0.199. The molecule has 4 rings (SSSR count). The number of unbranched alkanes of at least 4 members (excludes halogenated alkanes) is 7. The minimum Gasteiger partial charge on any atom is -0.285 e. The van der Waals surface area contributed by atoms with Crippen molar-refractivity contribution < 1.29 is 20.1 Å². The van der Waals surface area contributed by atoms with Crippen molar-refractivity contribution in [3.63, 3.8) is 0 Å². The molecule has 1 aliphatic rings. The van der Waals surface area contributed by atoms with Gasteiger partial charge in [0.2, 0.25) is 0 Å². The predicted octanol–water partition coefficient (Wildman–Crippen LogP) is 6.88. The van der Waals surface area contributed by atoms with Gasteiger partial charge in [-0.2, -0.15) is 0 Å². The fraction of sp³-hybridized carbons (Fsp3) is 0.462. The molecule has 2 nitrogen and oxygen atoms in total. The molecule has 29 heavy (non-hydrogen) atoms. The van der Waals surface area contributed by atoms with Gasteiger partial charge in [-0.3, -0.25) is 9.97 Å². The van der Waals surface area contributed by atoms with Crippen LogP contribution < -0.4 is 0 Å². The van der Waals surface area contributed by atoms with Crippen molar-refractivity contribution in [3.8, 4) is 11.4 Å². The van der Waals surface area contributed by atoms with E-state index in [9.17, 15) is 0 Å². The van der Waals surface area contributed by atoms with E-state index in [0.717, 1.165) is 30.7 Å². The van der Waals surface area contributed by atoms with Crippen LogP contribution in [0, 0.1) is 6.07 Å². The first kappa shape index (κ1) is 22.1. The number of hydrogen-bond acceptors (Lipinski definition) is 2. The zero-order valence-corrected chi connectivity index (χ0v) is 19.9. The van der Waals surface area contributed by atoms with E-state index in [4.69, 9.17) is 0 Å². The van der Waals surface area contributed by atoms with Crippen LogP contribution in [0.2, 0.25) is 0 Å². The molecule has 1 radical (unpaired) electrons. The number of benzene rings is 2. The van der Waals surface area contributed by atoms with E-state index >= 15 is 0 Å². The minimum atomic E-state index is 0. The van der Waals surface area contributed by atoms with Gasteiger partial charge in [0.15, 0.2) is 0 Å². The number of hydrogen-bond donors (Lipinski definition) is 0. The van der Waals surface area contributed by atoms with Gasteiger partial charge in [-0.05, 0) is 24.8 Å². The van der Waals surface area contributed by atoms with Crippen molar-refractivity contribution in [1.82, 2.24) is 9.97 Å². The molecule has 0 amide bonds. The SMILES string of the molecule is CCCCCCCCCCc1cnc(-c2[c-]cc3c4c(cccc24)CC3)nc1.[Ir]. The number of aromatic nitrogens is 2.